The van der Waals surface area contributed by atoms with Crippen molar-refractivity contribution >= 4 is 16.9 Å². The van der Waals surface area contributed by atoms with Crippen molar-refractivity contribution in [3.63, 3.8) is 0 Å². The zero-order valence-corrected chi connectivity index (χ0v) is 11.5. The molecular weight excluding hydrogens is 269 g/mol. The van der Waals surface area contributed by atoms with E-state index in [0.29, 0.717) is 17.9 Å². The van der Waals surface area contributed by atoms with Crippen molar-refractivity contribution in [3.8, 4) is 0 Å². The van der Waals surface area contributed by atoms with Crippen LogP contribution in [-0.4, -0.2) is 16.6 Å². The van der Waals surface area contributed by atoms with E-state index in [4.69, 9.17) is 0 Å². The number of para-hydroxylation sites is 1. The fourth-order valence-electron chi connectivity index (χ4n) is 2.34. The molecule has 1 N–H and O–H groups in total. The molecule has 21 heavy (non-hydrogen) atoms. The molecule has 1 aromatic heterocycles. The van der Waals surface area contributed by atoms with E-state index in [1.165, 1.54) is 12.1 Å². The maximum Gasteiger partial charge on any atom is 0.282 e. The smallest absolute Gasteiger partial charge is 0.282 e. The molecule has 0 saturated carbocycles. The van der Waals surface area contributed by atoms with E-state index in [1.54, 1.807) is 25.2 Å². The second-order valence-corrected chi connectivity index (χ2v) is 4.72. The maximum atomic E-state index is 13.0. The summed E-state index contributed by atoms with van der Waals surface area (Å²) in [5, 5.41) is 3.51. The quantitative estimate of drug-likeness (QED) is 0.803. The summed E-state index contributed by atoms with van der Waals surface area (Å²) in [6, 6.07) is 13.6. The monoisotopic (exact) mass is 283 g/mol. The summed E-state index contributed by atoms with van der Waals surface area (Å²) in [6.07, 6.45) is 0. The third kappa shape index (κ3) is 2.50. The molecule has 3 rings (SSSR count). The number of anilines is 1. The predicted octanol–water partition coefficient (Wildman–Crippen LogP) is 2.63. The largest absolute Gasteiger partial charge is 0.359 e. The Morgan fingerprint density at radius 1 is 1.14 bits per heavy atom. The lowest BCUT2D eigenvalue weighted by molar-refractivity contribution is 0.626. The number of aromatic nitrogens is 2. The molecule has 0 unspecified atom stereocenters. The Bertz CT molecular complexity index is 840. The van der Waals surface area contributed by atoms with Crippen LogP contribution in [0.3, 0.4) is 0 Å². The fourth-order valence-corrected chi connectivity index (χ4v) is 2.34. The zero-order chi connectivity index (χ0) is 14.8. The molecule has 0 saturated heterocycles. The highest BCUT2D eigenvalue weighted by Gasteiger charge is 2.09. The van der Waals surface area contributed by atoms with E-state index in [2.05, 4.69) is 10.3 Å². The first kappa shape index (κ1) is 13.3. The summed E-state index contributed by atoms with van der Waals surface area (Å²) in [7, 11) is 1.72. The van der Waals surface area contributed by atoms with Gasteiger partial charge in [0.1, 0.15) is 5.82 Å². The molecular formula is C16H14FN3O. The maximum absolute atomic E-state index is 13.0. The first-order chi connectivity index (χ1) is 10.2. The predicted molar refractivity (Wildman–Crippen MR) is 81.1 cm³/mol. The van der Waals surface area contributed by atoms with Crippen LogP contribution in [0.25, 0.3) is 10.9 Å². The van der Waals surface area contributed by atoms with Gasteiger partial charge in [-0.05, 0) is 29.8 Å². The van der Waals surface area contributed by atoms with Gasteiger partial charge in [-0.2, -0.15) is 4.98 Å². The molecule has 3 aromatic rings. The van der Waals surface area contributed by atoms with Crippen molar-refractivity contribution < 1.29 is 4.39 Å². The number of rotatable bonds is 3. The summed E-state index contributed by atoms with van der Waals surface area (Å²) in [5.74, 6) is 0.221. The van der Waals surface area contributed by atoms with Crippen LogP contribution in [0.4, 0.5) is 10.3 Å². The highest BCUT2D eigenvalue weighted by molar-refractivity contribution is 5.79. The zero-order valence-electron chi connectivity index (χ0n) is 11.5. The third-order valence-electron chi connectivity index (χ3n) is 3.37. The molecule has 0 aliphatic carbocycles. The second-order valence-electron chi connectivity index (χ2n) is 4.72. The van der Waals surface area contributed by atoms with Crippen molar-refractivity contribution in [1.29, 1.82) is 0 Å². The number of nitrogens with zero attached hydrogens (tertiary/aromatic N) is 2. The van der Waals surface area contributed by atoms with Gasteiger partial charge in [-0.15, -0.1) is 0 Å². The molecule has 0 fully saturated rings. The van der Waals surface area contributed by atoms with E-state index >= 15 is 0 Å². The molecule has 2 aromatic carbocycles. The van der Waals surface area contributed by atoms with Crippen LogP contribution < -0.4 is 10.9 Å². The van der Waals surface area contributed by atoms with Crippen molar-refractivity contribution in [1.82, 2.24) is 9.55 Å². The molecule has 106 valence electrons. The van der Waals surface area contributed by atoms with E-state index < -0.39 is 0 Å². The normalized spacial score (nSPS) is 10.8. The minimum absolute atomic E-state index is 0.259. The molecule has 0 spiro atoms. The van der Waals surface area contributed by atoms with Crippen molar-refractivity contribution in [2.45, 2.75) is 6.54 Å². The van der Waals surface area contributed by atoms with Crippen LogP contribution >= 0.6 is 0 Å². The van der Waals surface area contributed by atoms with Crippen molar-refractivity contribution in [2.75, 3.05) is 12.4 Å². The average molecular weight is 283 g/mol. The Kier molecular flexibility index (Phi) is 3.39. The topological polar surface area (TPSA) is 46.9 Å². The van der Waals surface area contributed by atoms with Crippen LogP contribution in [0.1, 0.15) is 5.56 Å². The van der Waals surface area contributed by atoms with Gasteiger partial charge in [0.05, 0.1) is 17.4 Å². The summed E-state index contributed by atoms with van der Waals surface area (Å²) in [5.41, 5.74) is 1.47. The minimum atomic E-state index is -0.268. The number of halogens is 1. The van der Waals surface area contributed by atoms with E-state index in [-0.39, 0.29) is 11.4 Å². The molecule has 0 aliphatic rings. The number of benzene rings is 2. The van der Waals surface area contributed by atoms with Gasteiger partial charge in [0.2, 0.25) is 5.95 Å². The fraction of sp³-hybridized carbons (Fsp3) is 0.125. The van der Waals surface area contributed by atoms with Gasteiger partial charge < -0.3 is 9.88 Å². The first-order valence-corrected chi connectivity index (χ1v) is 6.61. The highest BCUT2D eigenvalue weighted by Crippen LogP contribution is 2.16. The standard InChI is InChI=1S/C16H14FN3O/c1-18-16-19-15(21)13-4-2-3-5-14(13)20(16)10-11-6-8-12(17)9-7-11/h2-9H,10H2,1H3,(H,18,19,21). The van der Waals surface area contributed by atoms with Gasteiger partial charge in [-0.1, -0.05) is 24.3 Å². The Balaban J connectivity index is 2.18. The van der Waals surface area contributed by atoms with Gasteiger partial charge in [0, 0.05) is 7.05 Å². The Hall–Kier alpha value is -2.69. The van der Waals surface area contributed by atoms with Gasteiger partial charge >= 0.3 is 0 Å². The summed E-state index contributed by atoms with van der Waals surface area (Å²) in [4.78, 5) is 16.0. The number of nitrogens with one attached hydrogen (secondary N) is 1. The molecule has 1 heterocycles. The molecule has 5 heteroatoms. The lowest BCUT2D eigenvalue weighted by Crippen LogP contribution is -2.18. The Morgan fingerprint density at radius 3 is 2.57 bits per heavy atom. The molecule has 0 aliphatic heterocycles. The second kappa shape index (κ2) is 5.36. The molecule has 0 atom stereocenters. The van der Waals surface area contributed by atoms with Gasteiger partial charge in [0.25, 0.3) is 5.56 Å². The summed E-state index contributed by atoms with van der Waals surface area (Å²) < 4.78 is 14.9. The number of hydrogen-bond donors (Lipinski definition) is 1. The van der Waals surface area contributed by atoms with Gasteiger partial charge in [-0.25, -0.2) is 4.39 Å². The minimum Gasteiger partial charge on any atom is -0.359 e. The van der Waals surface area contributed by atoms with Crippen LogP contribution in [-0.2, 0) is 6.54 Å². The number of fused-ring (bicyclic) bond motifs is 1. The van der Waals surface area contributed by atoms with Crippen molar-refractivity contribution in [2.24, 2.45) is 0 Å². The highest BCUT2D eigenvalue weighted by atomic mass is 19.1. The van der Waals surface area contributed by atoms with Gasteiger partial charge in [0.15, 0.2) is 0 Å². The lowest BCUT2D eigenvalue weighted by atomic mass is 10.2. The van der Waals surface area contributed by atoms with Crippen LogP contribution in [0, 0.1) is 5.82 Å². The number of hydrogen-bond acceptors (Lipinski definition) is 3. The average Bonchev–Trinajstić information content (AvgIpc) is 2.52. The van der Waals surface area contributed by atoms with E-state index in [0.717, 1.165) is 11.1 Å². The third-order valence-corrected chi connectivity index (χ3v) is 3.37. The molecule has 0 radical (unpaired) electrons. The van der Waals surface area contributed by atoms with Crippen LogP contribution in [0.5, 0.6) is 0 Å². The molecule has 4 nitrogen and oxygen atoms in total. The van der Waals surface area contributed by atoms with E-state index in [9.17, 15) is 9.18 Å². The van der Waals surface area contributed by atoms with Crippen LogP contribution in [0.15, 0.2) is 53.3 Å². The van der Waals surface area contributed by atoms with Crippen LogP contribution in [0.2, 0.25) is 0 Å². The van der Waals surface area contributed by atoms with Crippen molar-refractivity contribution in [3.05, 3.63) is 70.3 Å². The van der Waals surface area contributed by atoms with E-state index in [1.807, 2.05) is 22.8 Å². The SMILES string of the molecule is CNc1nc(=O)c2ccccc2n1Cc1ccc(F)cc1. The Labute approximate surface area is 120 Å². The molecule has 0 bridgehead atoms. The lowest BCUT2D eigenvalue weighted by Gasteiger charge is -2.15. The van der Waals surface area contributed by atoms with Gasteiger partial charge in [-0.3, -0.25) is 4.79 Å². The first-order valence-electron chi connectivity index (χ1n) is 6.61. The summed E-state index contributed by atoms with van der Waals surface area (Å²) >= 11 is 0. The Morgan fingerprint density at radius 2 is 1.86 bits per heavy atom. The molecule has 0 amide bonds. The summed E-state index contributed by atoms with van der Waals surface area (Å²) in [6.45, 7) is 0.504.